The molecular formula is C13H16F2N2O2S2. The molecule has 0 aliphatic carbocycles. The number of rotatable bonds is 3. The van der Waals surface area contributed by atoms with Gasteiger partial charge in [-0.2, -0.15) is 4.13 Å². The predicted octanol–water partition coefficient (Wildman–Crippen LogP) is 2.77. The fourth-order valence-corrected chi connectivity index (χ4v) is 4.91. The number of nitrogens with zero attached hydrogens (tertiary/aromatic N) is 1. The average molecular weight is 334 g/mol. The Labute approximate surface area is 125 Å². The molecule has 1 aromatic carbocycles. The van der Waals surface area contributed by atoms with Crippen molar-refractivity contribution >= 4 is 26.2 Å². The number of hydrogen-bond donors (Lipinski definition) is 1. The number of nitrogens with one attached hydrogen (secondary N) is 1. The fourth-order valence-electron chi connectivity index (χ4n) is 1.62. The van der Waals surface area contributed by atoms with E-state index < -0.39 is 37.2 Å². The lowest BCUT2D eigenvalue weighted by Crippen LogP contribution is -2.34. The Morgan fingerprint density at radius 1 is 1.24 bits per heavy atom. The summed E-state index contributed by atoms with van der Waals surface area (Å²) in [5.41, 5.74) is 1.55. The van der Waals surface area contributed by atoms with Crippen molar-refractivity contribution in [2.75, 3.05) is 0 Å². The van der Waals surface area contributed by atoms with Crippen molar-refractivity contribution in [1.29, 1.82) is 0 Å². The smallest absolute Gasteiger partial charge is 0.252 e. The van der Waals surface area contributed by atoms with Gasteiger partial charge in [0.05, 0.1) is 0 Å². The third kappa shape index (κ3) is 3.69. The van der Waals surface area contributed by atoms with E-state index >= 15 is 0 Å². The highest BCUT2D eigenvalue weighted by Crippen LogP contribution is 2.26. The number of sulfonamides is 1. The van der Waals surface area contributed by atoms with Crippen molar-refractivity contribution in [1.82, 2.24) is 9.03 Å². The molecule has 0 saturated heterocycles. The van der Waals surface area contributed by atoms with Gasteiger partial charge in [-0.1, -0.05) is 10.7 Å². The van der Waals surface area contributed by atoms with Crippen LogP contribution in [0.3, 0.4) is 0 Å². The lowest BCUT2D eigenvalue weighted by molar-refractivity contribution is 0.325. The van der Waals surface area contributed by atoms with Gasteiger partial charge in [0.25, 0.3) is 10.0 Å². The first-order valence-electron chi connectivity index (χ1n) is 6.11. The first-order chi connectivity index (χ1) is 9.59. The Hall–Kier alpha value is -1.25. The van der Waals surface area contributed by atoms with Crippen LogP contribution in [-0.2, 0) is 10.0 Å². The molecule has 0 amide bonds. The Bertz CT molecular complexity index is 722. The Balaban J connectivity index is 2.26. The molecule has 1 N–H and O–H groups in total. The molecule has 1 aliphatic heterocycles. The first-order valence-corrected chi connectivity index (χ1v) is 8.94. The van der Waals surface area contributed by atoms with Crippen molar-refractivity contribution in [3.05, 3.63) is 41.4 Å². The summed E-state index contributed by atoms with van der Waals surface area (Å²) >= 11 is 0. The second-order valence-electron chi connectivity index (χ2n) is 5.50. The number of hydrogen-bond acceptors (Lipinski definition) is 3. The Morgan fingerprint density at radius 2 is 1.90 bits per heavy atom. The van der Waals surface area contributed by atoms with Gasteiger partial charge in [0.2, 0.25) is 0 Å². The highest BCUT2D eigenvalue weighted by Gasteiger charge is 2.24. The van der Waals surface area contributed by atoms with Crippen LogP contribution in [0.1, 0.15) is 20.8 Å². The lowest BCUT2D eigenvalue weighted by atomic mass is 10.1. The van der Waals surface area contributed by atoms with Crippen molar-refractivity contribution in [3.8, 4) is 0 Å². The van der Waals surface area contributed by atoms with Crippen LogP contribution in [0.4, 0.5) is 8.78 Å². The zero-order chi connectivity index (χ0) is 15.8. The van der Waals surface area contributed by atoms with E-state index in [9.17, 15) is 17.2 Å². The summed E-state index contributed by atoms with van der Waals surface area (Å²) < 4.78 is 53.1. The maximum Gasteiger partial charge on any atom is 0.252 e. The normalized spacial score (nSPS) is 18.9. The van der Waals surface area contributed by atoms with Gasteiger partial charge in [-0.3, -0.25) is 0 Å². The first kappa shape index (κ1) is 16.1. The summed E-state index contributed by atoms with van der Waals surface area (Å²) in [5, 5.41) is 1.68. The fraction of sp³-hybridized carbons (Fsp3) is 0.308. The van der Waals surface area contributed by atoms with E-state index in [-0.39, 0.29) is 5.54 Å². The van der Waals surface area contributed by atoms with Gasteiger partial charge in [-0.25, -0.2) is 17.2 Å². The van der Waals surface area contributed by atoms with E-state index in [1.54, 1.807) is 17.1 Å². The SMILES string of the molecule is CC(C)(C)N1C=CS(NS(=O)(=O)c2ccc(F)cc2F)=C1. The van der Waals surface area contributed by atoms with Crippen LogP contribution in [0.25, 0.3) is 0 Å². The molecule has 21 heavy (non-hydrogen) atoms. The van der Waals surface area contributed by atoms with Crippen LogP contribution in [0.15, 0.2) is 34.7 Å². The summed E-state index contributed by atoms with van der Waals surface area (Å²) in [4.78, 5) is 1.31. The van der Waals surface area contributed by atoms with Crippen molar-refractivity contribution in [3.63, 3.8) is 0 Å². The average Bonchev–Trinajstić information content (AvgIpc) is 2.75. The van der Waals surface area contributed by atoms with Gasteiger partial charge in [0.1, 0.15) is 16.5 Å². The molecule has 1 aliphatic rings. The minimum atomic E-state index is -4.05. The van der Waals surface area contributed by atoms with Crippen molar-refractivity contribution in [2.24, 2.45) is 0 Å². The second kappa shape index (κ2) is 5.51. The standard InChI is InChI=1S/C13H16F2N2O2S2/c1-13(2,3)17-6-7-20(9-17)16-21(18,19)12-5-4-10(14)8-11(12)15/h4-9,16H,1-3H3. The molecule has 8 heteroatoms. The minimum absolute atomic E-state index is 0.176. The van der Waals surface area contributed by atoms with E-state index in [2.05, 4.69) is 4.13 Å². The molecule has 1 aromatic rings. The van der Waals surface area contributed by atoms with Gasteiger partial charge in [0, 0.05) is 23.3 Å². The minimum Gasteiger partial charge on any atom is -0.342 e. The van der Waals surface area contributed by atoms with E-state index in [0.717, 1.165) is 12.1 Å². The third-order valence-corrected chi connectivity index (χ3v) is 6.19. The van der Waals surface area contributed by atoms with Gasteiger partial charge < -0.3 is 4.90 Å². The largest absolute Gasteiger partial charge is 0.342 e. The van der Waals surface area contributed by atoms with Gasteiger partial charge in [-0.05, 0) is 38.3 Å². The van der Waals surface area contributed by atoms with E-state index in [1.807, 2.05) is 25.7 Å². The Morgan fingerprint density at radius 3 is 2.43 bits per heavy atom. The molecule has 0 bridgehead atoms. The Kier molecular flexibility index (Phi) is 4.23. The lowest BCUT2D eigenvalue weighted by Gasteiger charge is -2.29. The molecule has 0 aromatic heterocycles. The summed E-state index contributed by atoms with van der Waals surface area (Å²) in [6.45, 7) is 5.94. The predicted molar refractivity (Wildman–Crippen MR) is 81.1 cm³/mol. The number of benzene rings is 1. The monoisotopic (exact) mass is 334 g/mol. The highest BCUT2D eigenvalue weighted by molar-refractivity contribution is 8.22. The quantitative estimate of drug-likeness (QED) is 0.865. The molecule has 0 radical (unpaired) electrons. The molecule has 116 valence electrons. The van der Waals surface area contributed by atoms with Crippen LogP contribution in [0, 0.1) is 11.6 Å². The molecule has 0 spiro atoms. The molecular weight excluding hydrogens is 318 g/mol. The molecule has 2 rings (SSSR count). The van der Waals surface area contributed by atoms with E-state index in [1.165, 1.54) is 0 Å². The molecule has 0 saturated carbocycles. The van der Waals surface area contributed by atoms with E-state index in [0.29, 0.717) is 6.07 Å². The molecule has 1 heterocycles. The topological polar surface area (TPSA) is 49.4 Å². The van der Waals surface area contributed by atoms with Crippen LogP contribution < -0.4 is 4.13 Å². The molecule has 0 fully saturated rings. The van der Waals surface area contributed by atoms with Crippen LogP contribution in [0.2, 0.25) is 0 Å². The van der Waals surface area contributed by atoms with Crippen LogP contribution in [0.5, 0.6) is 0 Å². The van der Waals surface area contributed by atoms with Crippen molar-refractivity contribution in [2.45, 2.75) is 31.2 Å². The van der Waals surface area contributed by atoms with Gasteiger partial charge in [0.15, 0.2) is 0 Å². The second-order valence-corrected chi connectivity index (χ2v) is 8.84. The van der Waals surface area contributed by atoms with Gasteiger partial charge in [-0.15, -0.1) is 0 Å². The summed E-state index contributed by atoms with van der Waals surface area (Å²) in [6, 6.07) is 2.38. The molecule has 4 nitrogen and oxygen atoms in total. The van der Waals surface area contributed by atoms with E-state index in [4.69, 9.17) is 0 Å². The maximum absolute atomic E-state index is 13.6. The van der Waals surface area contributed by atoms with Crippen LogP contribution >= 0.6 is 10.7 Å². The zero-order valence-corrected chi connectivity index (χ0v) is 13.4. The highest BCUT2D eigenvalue weighted by atomic mass is 32.3. The summed E-state index contributed by atoms with van der Waals surface area (Å²) in [6.07, 6.45) is 1.77. The van der Waals surface area contributed by atoms with Crippen molar-refractivity contribution < 1.29 is 17.2 Å². The maximum atomic E-state index is 13.6. The number of halogens is 2. The zero-order valence-electron chi connectivity index (χ0n) is 11.8. The molecule has 1 unspecified atom stereocenters. The third-order valence-electron chi connectivity index (χ3n) is 2.76. The van der Waals surface area contributed by atoms with Gasteiger partial charge >= 0.3 is 0 Å². The molecule has 1 atom stereocenters. The van der Waals surface area contributed by atoms with Crippen LogP contribution in [-0.4, -0.2) is 24.3 Å². The summed E-state index contributed by atoms with van der Waals surface area (Å²) in [5.74, 6) is -1.93. The summed E-state index contributed by atoms with van der Waals surface area (Å²) in [7, 11) is -4.91.